The number of aryl methyl sites for hydroxylation is 2. The van der Waals surface area contributed by atoms with Crippen molar-refractivity contribution in [1.29, 1.82) is 0 Å². The van der Waals surface area contributed by atoms with Gasteiger partial charge < -0.3 is 14.6 Å². The van der Waals surface area contributed by atoms with Crippen LogP contribution in [0.3, 0.4) is 0 Å². The molecular formula is C23H21IN2O7. The van der Waals surface area contributed by atoms with Crippen LogP contribution in [0.15, 0.2) is 35.9 Å². The molecule has 0 spiro atoms. The Balaban J connectivity index is 2.03. The Morgan fingerprint density at radius 3 is 2.36 bits per heavy atom. The molecule has 0 radical (unpaired) electrons. The number of carbonyl (C=O) groups excluding carboxylic acids is 3. The number of nitrogens with zero attached hydrogens (tertiary/aromatic N) is 1. The normalized spacial score (nSPS) is 15.0. The minimum atomic E-state index is -1.14. The van der Waals surface area contributed by atoms with Gasteiger partial charge in [-0.2, -0.15) is 0 Å². The van der Waals surface area contributed by atoms with Crippen LogP contribution >= 0.6 is 22.6 Å². The van der Waals surface area contributed by atoms with Gasteiger partial charge in [-0.05, 0) is 90.4 Å². The number of halogens is 1. The number of anilines is 1. The molecule has 172 valence electrons. The molecule has 3 rings (SSSR count). The number of carboxylic acids is 1. The molecule has 1 fully saturated rings. The highest BCUT2D eigenvalue weighted by Gasteiger charge is 2.37. The first kappa shape index (κ1) is 24.2. The third-order valence-corrected chi connectivity index (χ3v) is 5.35. The average molecular weight is 564 g/mol. The molecule has 0 aliphatic carbocycles. The van der Waals surface area contributed by atoms with Gasteiger partial charge in [-0.15, -0.1) is 0 Å². The number of barbiturate groups is 1. The number of amides is 4. The van der Waals surface area contributed by atoms with Crippen molar-refractivity contribution in [2.75, 3.05) is 18.1 Å². The monoisotopic (exact) mass is 564 g/mol. The summed E-state index contributed by atoms with van der Waals surface area (Å²) in [6, 6.07) is 7.60. The highest BCUT2D eigenvalue weighted by atomic mass is 127. The Labute approximate surface area is 203 Å². The van der Waals surface area contributed by atoms with Crippen LogP contribution in [-0.4, -0.2) is 42.1 Å². The molecule has 1 aliphatic rings. The smallest absolute Gasteiger partial charge is 0.341 e. The lowest BCUT2D eigenvalue weighted by Gasteiger charge is -2.27. The van der Waals surface area contributed by atoms with Gasteiger partial charge in [0.05, 0.1) is 15.9 Å². The summed E-state index contributed by atoms with van der Waals surface area (Å²) in [4.78, 5) is 49.9. The molecule has 9 nitrogen and oxygen atoms in total. The maximum Gasteiger partial charge on any atom is 0.341 e. The van der Waals surface area contributed by atoms with Crippen LogP contribution in [-0.2, 0) is 14.4 Å². The summed E-state index contributed by atoms with van der Waals surface area (Å²) in [6.45, 7) is 5.18. The first-order chi connectivity index (χ1) is 15.6. The summed E-state index contributed by atoms with van der Waals surface area (Å²) in [6.07, 6.45) is 1.35. The van der Waals surface area contributed by atoms with E-state index in [1.165, 1.54) is 12.1 Å². The van der Waals surface area contributed by atoms with Gasteiger partial charge in [-0.25, -0.2) is 14.5 Å². The predicted octanol–water partition coefficient (Wildman–Crippen LogP) is 3.44. The number of aliphatic carboxylic acids is 1. The zero-order valence-electron chi connectivity index (χ0n) is 18.1. The molecule has 0 atom stereocenters. The van der Waals surface area contributed by atoms with E-state index >= 15 is 0 Å². The lowest BCUT2D eigenvalue weighted by atomic mass is 10.0. The Hall–Kier alpha value is -3.41. The van der Waals surface area contributed by atoms with Gasteiger partial charge in [0.25, 0.3) is 11.8 Å². The van der Waals surface area contributed by atoms with Crippen LogP contribution in [0.4, 0.5) is 10.5 Å². The van der Waals surface area contributed by atoms with Crippen molar-refractivity contribution in [2.45, 2.75) is 20.8 Å². The summed E-state index contributed by atoms with van der Waals surface area (Å²) >= 11 is 1.95. The number of carbonyl (C=O) groups is 4. The zero-order chi connectivity index (χ0) is 24.3. The first-order valence-electron chi connectivity index (χ1n) is 9.91. The molecule has 2 aromatic carbocycles. The zero-order valence-corrected chi connectivity index (χ0v) is 20.3. The number of benzene rings is 2. The van der Waals surface area contributed by atoms with Crippen molar-refractivity contribution in [2.24, 2.45) is 0 Å². The van der Waals surface area contributed by atoms with E-state index in [2.05, 4.69) is 5.32 Å². The van der Waals surface area contributed by atoms with Gasteiger partial charge in [-0.1, -0.05) is 6.07 Å². The van der Waals surface area contributed by atoms with Crippen molar-refractivity contribution in [1.82, 2.24) is 5.32 Å². The number of imide groups is 2. The Morgan fingerprint density at radius 1 is 1.09 bits per heavy atom. The van der Waals surface area contributed by atoms with Crippen molar-refractivity contribution in [3.63, 3.8) is 0 Å². The minimum absolute atomic E-state index is 0.230. The van der Waals surface area contributed by atoms with Gasteiger partial charge in [0, 0.05) is 0 Å². The molecule has 2 N–H and O–H groups in total. The van der Waals surface area contributed by atoms with Crippen LogP contribution < -0.4 is 19.7 Å². The van der Waals surface area contributed by atoms with E-state index in [0.717, 1.165) is 16.0 Å². The average Bonchev–Trinajstić information content (AvgIpc) is 2.69. The van der Waals surface area contributed by atoms with E-state index in [1.807, 2.05) is 42.5 Å². The summed E-state index contributed by atoms with van der Waals surface area (Å²) in [7, 11) is 0. The molecule has 33 heavy (non-hydrogen) atoms. The van der Waals surface area contributed by atoms with Gasteiger partial charge in [-0.3, -0.25) is 14.9 Å². The van der Waals surface area contributed by atoms with E-state index < -0.39 is 30.4 Å². The van der Waals surface area contributed by atoms with Crippen molar-refractivity contribution >= 4 is 58.2 Å². The Morgan fingerprint density at radius 2 is 1.76 bits per heavy atom. The minimum Gasteiger partial charge on any atom is -0.490 e. The molecule has 10 heteroatoms. The molecule has 1 heterocycles. The largest absolute Gasteiger partial charge is 0.490 e. The van der Waals surface area contributed by atoms with E-state index in [9.17, 15) is 19.2 Å². The van der Waals surface area contributed by atoms with E-state index in [4.69, 9.17) is 14.6 Å². The molecule has 1 aliphatic heterocycles. The van der Waals surface area contributed by atoms with Gasteiger partial charge >= 0.3 is 12.0 Å². The van der Waals surface area contributed by atoms with Crippen LogP contribution in [0.1, 0.15) is 23.6 Å². The van der Waals surface area contributed by atoms with E-state index in [1.54, 1.807) is 25.1 Å². The third-order valence-electron chi connectivity index (χ3n) is 4.55. The summed E-state index contributed by atoms with van der Waals surface area (Å²) in [5.74, 6) is -2.20. The number of carboxylic acid groups (broad SMARTS) is 1. The predicted molar refractivity (Wildman–Crippen MR) is 128 cm³/mol. The summed E-state index contributed by atoms with van der Waals surface area (Å²) in [5, 5.41) is 11.1. The fourth-order valence-corrected chi connectivity index (χ4v) is 4.13. The van der Waals surface area contributed by atoms with Gasteiger partial charge in [0.1, 0.15) is 5.57 Å². The number of nitrogens with one attached hydrogen (secondary N) is 1. The fourth-order valence-electron chi connectivity index (χ4n) is 3.35. The van der Waals surface area contributed by atoms with Crippen molar-refractivity contribution in [3.8, 4) is 11.5 Å². The molecule has 2 aromatic rings. The molecular weight excluding hydrogens is 543 g/mol. The maximum atomic E-state index is 13.2. The van der Waals surface area contributed by atoms with Gasteiger partial charge in [0.2, 0.25) is 0 Å². The van der Waals surface area contributed by atoms with E-state index in [-0.39, 0.29) is 23.7 Å². The van der Waals surface area contributed by atoms with Crippen LogP contribution in [0.2, 0.25) is 0 Å². The van der Waals surface area contributed by atoms with Crippen LogP contribution in [0.5, 0.6) is 11.5 Å². The SMILES string of the molecule is CCOc1cc(C=C2C(=O)NC(=O)N(c3cc(C)cc(C)c3)C2=O)cc(I)c1OCC(=O)O. The number of urea groups is 1. The number of hydrogen-bond acceptors (Lipinski definition) is 6. The van der Waals surface area contributed by atoms with E-state index in [0.29, 0.717) is 14.8 Å². The molecule has 4 amide bonds. The van der Waals surface area contributed by atoms with Crippen molar-refractivity contribution in [3.05, 3.63) is 56.2 Å². The highest BCUT2D eigenvalue weighted by molar-refractivity contribution is 14.1. The molecule has 0 saturated carbocycles. The second-order valence-corrected chi connectivity index (χ2v) is 8.41. The molecule has 1 saturated heterocycles. The molecule has 0 bridgehead atoms. The fraction of sp³-hybridized carbons (Fsp3) is 0.217. The van der Waals surface area contributed by atoms with Crippen LogP contribution in [0.25, 0.3) is 6.08 Å². The third kappa shape index (κ3) is 5.51. The first-order valence-corrected chi connectivity index (χ1v) is 11.0. The lowest BCUT2D eigenvalue weighted by Crippen LogP contribution is -2.54. The van der Waals surface area contributed by atoms with Gasteiger partial charge in [0.15, 0.2) is 18.1 Å². The summed E-state index contributed by atoms with van der Waals surface area (Å²) < 4.78 is 11.4. The number of ether oxygens (including phenoxy) is 2. The summed E-state index contributed by atoms with van der Waals surface area (Å²) in [5.41, 5.74) is 2.29. The quantitative estimate of drug-likeness (QED) is 0.300. The Bertz CT molecular complexity index is 1170. The number of rotatable bonds is 7. The maximum absolute atomic E-state index is 13.2. The van der Waals surface area contributed by atoms with Crippen LogP contribution in [0, 0.1) is 17.4 Å². The number of hydrogen-bond donors (Lipinski definition) is 2. The topological polar surface area (TPSA) is 122 Å². The molecule has 0 unspecified atom stereocenters. The lowest BCUT2D eigenvalue weighted by molar-refractivity contribution is -0.139. The molecule has 0 aromatic heterocycles. The second-order valence-electron chi connectivity index (χ2n) is 7.25. The van der Waals surface area contributed by atoms with Crippen molar-refractivity contribution < 1.29 is 33.8 Å². The Kier molecular flexibility index (Phi) is 7.36. The second kappa shape index (κ2) is 10.0. The highest BCUT2D eigenvalue weighted by Crippen LogP contribution is 2.35. The standard InChI is InChI=1S/C23H21IN2O7/c1-4-32-18-10-14(9-17(24)20(18)33-11-19(27)28)8-16-21(29)25-23(31)26(22(16)30)15-6-12(2)5-13(3)7-15/h5-10H,4,11H2,1-3H3,(H,27,28)(H,25,29,31).